The minimum absolute atomic E-state index is 0.0219. The molecule has 4 aliphatic rings. The van der Waals surface area contributed by atoms with Crippen molar-refractivity contribution in [1.82, 2.24) is 38.8 Å². The van der Waals surface area contributed by atoms with Crippen LogP contribution in [0.25, 0.3) is 0 Å². The van der Waals surface area contributed by atoms with Crippen molar-refractivity contribution in [3.05, 3.63) is 106 Å². The van der Waals surface area contributed by atoms with Crippen LogP contribution in [0.2, 0.25) is 0 Å². The second kappa shape index (κ2) is 19.3. The summed E-state index contributed by atoms with van der Waals surface area (Å²) in [7, 11) is -6.94. The predicted molar refractivity (Wildman–Crippen MR) is 237 cm³/mol. The molecule has 18 nitrogen and oxygen atoms in total. The van der Waals surface area contributed by atoms with E-state index in [2.05, 4.69) is 30.6 Å². The Labute approximate surface area is 392 Å². The lowest BCUT2D eigenvalue weighted by Crippen LogP contribution is -2.52. The number of hydrogen-bond acceptors (Lipinski definition) is 14. The summed E-state index contributed by atoms with van der Waals surface area (Å²) in [5.41, 5.74) is 1.46. The first-order valence-electron chi connectivity index (χ1n) is 21.8. The fourth-order valence-electron chi connectivity index (χ4n) is 8.57. The molecule has 0 radical (unpaired) electrons. The summed E-state index contributed by atoms with van der Waals surface area (Å²) in [6.07, 6.45) is 2.76. The SMILES string of the molecule is CC(C)(C)OC(=O)N[C@H]1C[C@@H](N2Cc3cn(S(C)(=O)=O)nc3C2)CO[C@@H]1c1cc(F)ccc1F.CC(C)(C)OC(=O)N[C@H]1C[C@@H](N2Cc3cn(S(C)(=O)=O)nc3C2)CO[C@@H]1c1cc(F)ccc1F. The van der Waals surface area contributed by atoms with Gasteiger partial charge in [-0.1, -0.05) is 0 Å². The van der Waals surface area contributed by atoms with Gasteiger partial charge < -0.3 is 29.6 Å². The van der Waals surface area contributed by atoms with Gasteiger partial charge >= 0.3 is 12.2 Å². The summed E-state index contributed by atoms with van der Waals surface area (Å²) >= 11 is 0. The third-order valence-electron chi connectivity index (χ3n) is 11.5. The molecule has 372 valence electrons. The quantitative estimate of drug-likeness (QED) is 0.212. The van der Waals surface area contributed by atoms with Crippen molar-refractivity contribution in [2.75, 3.05) is 25.7 Å². The Hall–Kier alpha value is -5.14. The Balaban J connectivity index is 0.000000201. The first-order chi connectivity index (χ1) is 31.6. The number of nitrogens with one attached hydrogen (secondary N) is 2. The van der Waals surface area contributed by atoms with E-state index in [0.717, 1.165) is 68.2 Å². The minimum atomic E-state index is -3.47. The fourth-order valence-corrected chi connectivity index (χ4v) is 9.70. The van der Waals surface area contributed by atoms with Gasteiger partial charge in [0.15, 0.2) is 0 Å². The van der Waals surface area contributed by atoms with Crippen LogP contribution in [0, 0.1) is 23.3 Å². The van der Waals surface area contributed by atoms with E-state index < -0.39 is 91.0 Å². The van der Waals surface area contributed by atoms with E-state index in [1.165, 1.54) is 12.4 Å². The maximum absolute atomic E-state index is 14.5. The molecule has 2 saturated heterocycles. The number of aromatic nitrogens is 4. The van der Waals surface area contributed by atoms with E-state index in [-0.39, 0.29) is 36.4 Å². The maximum Gasteiger partial charge on any atom is 0.407 e. The van der Waals surface area contributed by atoms with Crippen molar-refractivity contribution < 1.29 is 62.9 Å². The molecule has 4 aromatic rings. The summed E-state index contributed by atoms with van der Waals surface area (Å²) in [6.45, 7) is 12.5. The van der Waals surface area contributed by atoms with E-state index >= 15 is 0 Å². The molecule has 2 fully saturated rings. The Morgan fingerprint density at radius 1 is 0.632 bits per heavy atom. The smallest absolute Gasteiger partial charge is 0.407 e. The van der Waals surface area contributed by atoms with E-state index in [1.54, 1.807) is 41.5 Å². The molecule has 2 aromatic carbocycles. The number of nitrogens with zero attached hydrogens (tertiary/aromatic N) is 6. The largest absolute Gasteiger partial charge is 0.444 e. The molecule has 6 heterocycles. The van der Waals surface area contributed by atoms with Gasteiger partial charge in [0.25, 0.3) is 20.0 Å². The lowest BCUT2D eigenvalue weighted by Gasteiger charge is -2.40. The number of rotatable bonds is 8. The van der Waals surface area contributed by atoms with Crippen LogP contribution in [0.4, 0.5) is 27.2 Å². The average Bonchev–Trinajstić information content (AvgIpc) is 3.99. The van der Waals surface area contributed by atoms with E-state index in [1.807, 2.05) is 0 Å². The van der Waals surface area contributed by atoms with Gasteiger partial charge in [-0.2, -0.15) is 18.4 Å². The second-order valence-electron chi connectivity index (χ2n) is 19.4. The highest BCUT2D eigenvalue weighted by Crippen LogP contribution is 2.37. The number of carbonyl (C=O) groups excluding carboxylic acids is 2. The molecule has 68 heavy (non-hydrogen) atoms. The van der Waals surface area contributed by atoms with Gasteiger partial charge in [-0.15, -0.1) is 0 Å². The predicted octanol–water partition coefficient (Wildman–Crippen LogP) is 5.42. The van der Waals surface area contributed by atoms with Crippen molar-refractivity contribution in [2.24, 2.45) is 0 Å². The number of halogens is 4. The molecule has 6 atom stereocenters. The number of carbonyl (C=O) groups is 2. The van der Waals surface area contributed by atoms with Crippen LogP contribution in [0.15, 0.2) is 48.8 Å². The van der Waals surface area contributed by atoms with Crippen LogP contribution in [0.3, 0.4) is 0 Å². The lowest BCUT2D eigenvalue weighted by atomic mass is 9.92. The van der Waals surface area contributed by atoms with Crippen LogP contribution in [0.5, 0.6) is 0 Å². The zero-order chi connectivity index (χ0) is 49.7. The molecule has 0 unspecified atom stereocenters. The normalized spacial score (nSPS) is 23.5. The van der Waals surface area contributed by atoms with E-state index in [0.29, 0.717) is 50.4 Å². The van der Waals surface area contributed by atoms with Crippen LogP contribution in [-0.2, 0) is 65.2 Å². The van der Waals surface area contributed by atoms with Gasteiger partial charge in [-0.25, -0.2) is 44.0 Å². The number of hydrogen-bond donors (Lipinski definition) is 2. The third-order valence-corrected chi connectivity index (χ3v) is 13.3. The molecule has 24 heteroatoms. The Morgan fingerprint density at radius 3 is 1.32 bits per heavy atom. The molecule has 0 bridgehead atoms. The molecule has 4 aliphatic heterocycles. The second-order valence-corrected chi connectivity index (χ2v) is 23.1. The molecule has 0 spiro atoms. The van der Waals surface area contributed by atoms with Crippen LogP contribution in [-0.4, -0.2) is 118 Å². The highest BCUT2D eigenvalue weighted by atomic mass is 32.2. The molecular formula is C44H56F4N8O10S2. The van der Waals surface area contributed by atoms with Crippen molar-refractivity contribution >= 4 is 32.2 Å². The van der Waals surface area contributed by atoms with Crippen LogP contribution in [0.1, 0.15) is 100 Å². The summed E-state index contributed by atoms with van der Waals surface area (Å²) < 4.78 is 128. The molecule has 2 aromatic heterocycles. The molecule has 2 amide bonds. The molecular weight excluding hydrogens is 941 g/mol. The van der Waals surface area contributed by atoms with E-state index in [9.17, 15) is 44.0 Å². The fraction of sp³-hybridized carbons (Fsp3) is 0.545. The van der Waals surface area contributed by atoms with Crippen LogP contribution >= 0.6 is 0 Å². The molecule has 2 N–H and O–H groups in total. The number of benzene rings is 2. The van der Waals surface area contributed by atoms with Crippen molar-refractivity contribution in [3.8, 4) is 0 Å². The maximum atomic E-state index is 14.5. The topological polar surface area (TPSA) is 206 Å². The summed E-state index contributed by atoms with van der Waals surface area (Å²) in [5.74, 6) is -2.47. The van der Waals surface area contributed by atoms with Gasteiger partial charge in [0, 0.05) is 72.9 Å². The van der Waals surface area contributed by atoms with Gasteiger partial charge in [0.1, 0.15) is 46.7 Å². The molecule has 0 aliphatic carbocycles. The summed E-state index contributed by atoms with van der Waals surface area (Å²) in [6, 6.07) is 4.54. The van der Waals surface area contributed by atoms with Gasteiger partial charge in [-0.05, 0) is 90.8 Å². The zero-order valence-electron chi connectivity index (χ0n) is 38.8. The molecule has 8 rings (SSSR count). The number of alkyl carbamates (subject to hydrolysis) is 2. The highest BCUT2D eigenvalue weighted by Gasteiger charge is 2.42. The first kappa shape index (κ1) is 50.7. The monoisotopic (exact) mass is 996 g/mol. The highest BCUT2D eigenvalue weighted by molar-refractivity contribution is 7.89. The van der Waals surface area contributed by atoms with Crippen molar-refractivity contribution in [1.29, 1.82) is 0 Å². The van der Waals surface area contributed by atoms with Crippen molar-refractivity contribution in [3.63, 3.8) is 0 Å². The number of ether oxygens (including phenoxy) is 4. The number of fused-ring (bicyclic) bond motifs is 2. The lowest BCUT2D eigenvalue weighted by molar-refractivity contribution is -0.0629. The van der Waals surface area contributed by atoms with Crippen molar-refractivity contribution in [2.45, 2.75) is 128 Å². The average molecular weight is 997 g/mol. The Bertz CT molecular complexity index is 2530. The first-order valence-corrected chi connectivity index (χ1v) is 25.5. The Kier molecular flexibility index (Phi) is 14.4. The van der Waals surface area contributed by atoms with Gasteiger partial charge in [-0.3, -0.25) is 9.80 Å². The van der Waals surface area contributed by atoms with Gasteiger partial charge in [0.05, 0.1) is 49.2 Å². The van der Waals surface area contributed by atoms with Gasteiger partial charge in [0.2, 0.25) is 0 Å². The summed E-state index contributed by atoms with van der Waals surface area (Å²) in [4.78, 5) is 29.1. The summed E-state index contributed by atoms with van der Waals surface area (Å²) in [5, 5.41) is 13.9. The standard InChI is InChI=1S/2C22H28F2N4O5S/c2*1-22(2,3)33-21(29)25-18-8-15(12-32-20(18)16-7-14(23)5-6-17(16)24)27-9-13-10-28(34(4,30)31)26-19(13)11-27/h2*5-7,10,15,18,20H,8-9,11-12H2,1-4H3,(H,25,29)/t2*15-,18+,20-/m11/s1. The zero-order valence-corrected chi connectivity index (χ0v) is 40.5. The van der Waals surface area contributed by atoms with E-state index in [4.69, 9.17) is 18.9 Å². The third kappa shape index (κ3) is 12.4. The number of amides is 2. The minimum Gasteiger partial charge on any atom is -0.444 e. The van der Waals surface area contributed by atoms with Crippen LogP contribution < -0.4 is 10.6 Å². The molecule has 0 saturated carbocycles. The Morgan fingerprint density at radius 2 is 1.00 bits per heavy atom.